The van der Waals surface area contributed by atoms with Crippen LogP contribution in [-0.2, 0) is 9.59 Å². The van der Waals surface area contributed by atoms with E-state index in [0.29, 0.717) is 25.3 Å². The Morgan fingerprint density at radius 1 is 1.11 bits per heavy atom. The fourth-order valence-corrected chi connectivity index (χ4v) is 1.51. The van der Waals surface area contributed by atoms with Crippen molar-refractivity contribution in [2.24, 2.45) is 17.4 Å². The molecule has 0 saturated heterocycles. The van der Waals surface area contributed by atoms with Crippen molar-refractivity contribution in [3.63, 3.8) is 0 Å². The molecule has 0 aromatic heterocycles. The molecule has 0 heterocycles. The van der Waals surface area contributed by atoms with Crippen molar-refractivity contribution in [1.29, 1.82) is 0 Å². The molecular weight excluding hydrogens is 232 g/mol. The SMILES string of the molecule is CC(C)C[C@@H](N)C(=O)NNC(=O)CCCCCN. The van der Waals surface area contributed by atoms with E-state index in [2.05, 4.69) is 10.9 Å². The number of nitrogens with one attached hydrogen (secondary N) is 2. The Morgan fingerprint density at radius 3 is 2.33 bits per heavy atom. The molecule has 0 aromatic carbocycles. The zero-order valence-electron chi connectivity index (χ0n) is 11.4. The van der Waals surface area contributed by atoms with E-state index in [1.165, 1.54) is 0 Å². The highest BCUT2D eigenvalue weighted by molar-refractivity contribution is 5.85. The van der Waals surface area contributed by atoms with Crippen LogP contribution in [0.5, 0.6) is 0 Å². The van der Waals surface area contributed by atoms with Gasteiger partial charge in [0.25, 0.3) is 5.91 Å². The fraction of sp³-hybridized carbons (Fsp3) is 0.833. The van der Waals surface area contributed by atoms with Crippen molar-refractivity contribution < 1.29 is 9.59 Å². The van der Waals surface area contributed by atoms with E-state index in [-0.39, 0.29) is 11.8 Å². The standard InChI is InChI=1S/C12H26N4O2/c1-9(2)8-10(14)12(18)16-15-11(17)6-4-3-5-7-13/h9-10H,3-8,13-14H2,1-2H3,(H,15,17)(H,16,18)/t10-/m1/s1. The molecule has 2 amide bonds. The molecule has 0 spiro atoms. The molecule has 6 nitrogen and oxygen atoms in total. The fourth-order valence-electron chi connectivity index (χ4n) is 1.51. The van der Waals surface area contributed by atoms with Crippen LogP contribution in [0.25, 0.3) is 0 Å². The highest BCUT2D eigenvalue weighted by Crippen LogP contribution is 2.02. The Labute approximate surface area is 109 Å². The van der Waals surface area contributed by atoms with Crippen molar-refractivity contribution in [3.05, 3.63) is 0 Å². The van der Waals surface area contributed by atoms with Crippen molar-refractivity contribution in [3.8, 4) is 0 Å². The molecule has 18 heavy (non-hydrogen) atoms. The predicted molar refractivity (Wildman–Crippen MR) is 71.2 cm³/mol. The second-order valence-corrected chi connectivity index (χ2v) is 4.87. The Bertz CT molecular complexity index is 256. The molecule has 0 bridgehead atoms. The zero-order chi connectivity index (χ0) is 14.0. The number of hydrazine groups is 1. The lowest BCUT2D eigenvalue weighted by atomic mass is 10.0. The number of hydrogen-bond acceptors (Lipinski definition) is 4. The third-order valence-corrected chi connectivity index (χ3v) is 2.50. The normalized spacial score (nSPS) is 12.3. The van der Waals surface area contributed by atoms with Crippen LogP contribution in [0, 0.1) is 5.92 Å². The van der Waals surface area contributed by atoms with Crippen molar-refractivity contribution >= 4 is 11.8 Å². The molecule has 106 valence electrons. The minimum atomic E-state index is -0.581. The van der Waals surface area contributed by atoms with E-state index in [0.717, 1.165) is 19.3 Å². The number of unbranched alkanes of at least 4 members (excludes halogenated alkanes) is 2. The molecule has 0 aliphatic carbocycles. The molecule has 0 rings (SSSR count). The van der Waals surface area contributed by atoms with Gasteiger partial charge in [0.05, 0.1) is 6.04 Å². The maximum atomic E-state index is 11.5. The lowest BCUT2D eigenvalue weighted by molar-refractivity contribution is -0.129. The van der Waals surface area contributed by atoms with E-state index >= 15 is 0 Å². The first-order valence-electron chi connectivity index (χ1n) is 6.51. The van der Waals surface area contributed by atoms with Crippen molar-refractivity contribution in [2.45, 2.75) is 52.0 Å². The Kier molecular flexibility index (Phi) is 9.22. The van der Waals surface area contributed by atoms with Gasteiger partial charge in [0.15, 0.2) is 0 Å². The summed E-state index contributed by atoms with van der Waals surface area (Å²) < 4.78 is 0. The summed E-state index contributed by atoms with van der Waals surface area (Å²) in [5.41, 5.74) is 15.7. The summed E-state index contributed by atoms with van der Waals surface area (Å²) in [6.45, 7) is 4.62. The number of nitrogens with two attached hydrogens (primary N) is 2. The predicted octanol–water partition coefficient (Wildman–Crippen LogP) is 0.0263. The summed E-state index contributed by atoms with van der Waals surface area (Å²) >= 11 is 0. The van der Waals surface area contributed by atoms with Crippen LogP contribution >= 0.6 is 0 Å². The average molecular weight is 258 g/mol. The lowest BCUT2D eigenvalue weighted by Gasteiger charge is -2.14. The Morgan fingerprint density at radius 2 is 1.78 bits per heavy atom. The second kappa shape index (κ2) is 9.85. The summed E-state index contributed by atoms with van der Waals surface area (Å²) in [6.07, 6.45) is 3.60. The van der Waals surface area contributed by atoms with E-state index in [4.69, 9.17) is 11.5 Å². The van der Waals surface area contributed by atoms with Gasteiger partial charge >= 0.3 is 0 Å². The number of carbonyl (C=O) groups is 2. The molecule has 0 aliphatic rings. The topological polar surface area (TPSA) is 110 Å². The van der Waals surface area contributed by atoms with Gasteiger partial charge in [-0.15, -0.1) is 0 Å². The molecule has 1 atom stereocenters. The molecule has 0 fully saturated rings. The Balaban J connectivity index is 3.67. The summed E-state index contributed by atoms with van der Waals surface area (Å²) in [6, 6.07) is -0.581. The molecule has 0 unspecified atom stereocenters. The van der Waals surface area contributed by atoms with Crippen LogP contribution in [0.15, 0.2) is 0 Å². The van der Waals surface area contributed by atoms with Crippen LogP contribution in [0.1, 0.15) is 46.0 Å². The van der Waals surface area contributed by atoms with Crippen LogP contribution in [0.4, 0.5) is 0 Å². The number of carbonyl (C=O) groups excluding carboxylic acids is 2. The first-order valence-corrected chi connectivity index (χ1v) is 6.51. The first-order chi connectivity index (χ1) is 8.47. The van der Waals surface area contributed by atoms with Crippen LogP contribution in [0.2, 0.25) is 0 Å². The summed E-state index contributed by atoms with van der Waals surface area (Å²) in [7, 11) is 0. The minimum absolute atomic E-state index is 0.197. The molecule has 0 aromatic rings. The molecule has 6 heteroatoms. The van der Waals surface area contributed by atoms with Crippen molar-refractivity contribution in [1.82, 2.24) is 10.9 Å². The molecule has 0 aliphatic heterocycles. The summed E-state index contributed by atoms with van der Waals surface area (Å²) in [5, 5.41) is 0. The van der Waals surface area contributed by atoms with Gasteiger partial charge in [0.2, 0.25) is 5.91 Å². The highest BCUT2D eigenvalue weighted by Gasteiger charge is 2.15. The summed E-state index contributed by atoms with van der Waals surface area (Å²) in [4.78, 5) is 22.8. The van der Waals surface area contributed by atoms with Gasteiger partial charge in [-0.3, -0.25) is 20.4 Å². The molecule has 6 N–H and O–H groups in total. The maximum Gasteiger partial charge on any atom is 0.255 e. The smallest absolute Gasteiger partial charge is 0.255 e. The number of amides is 2. The van der Waals surface area contributed by atoms with Crippen LogP contribution in [0.3, 0.4) is 0 Å². The van der Waals surface area contributed by atoms with Crippen molar-refractivity contribution in [2.75, 3.05) is 6.54 Å². The van der Waals surface area contributed by atoms with E-state index in [1.54, 1.807) is 0 Å². The monoisotopic (exact) mass is 258 g/mol. The highest BCUT2D eigenvalue weighted by atomic mass is 16.2. The summed E-state index contributed by atoms with van der Waals surface area (Å²) in [5.74, 6) is -0.200. The quantitative estimate of drug-likeness (QED) is 0.363. The Hall–Kier alpha value is -1.14. The van der Waals surface area contributed by atoms with E-state index in [9.17, 15) is 9.59 Å². The number of rotatable bonds is 8. The van der Waals surface area contributed by atoms with Crippen LogP contribution in [-0.4, -0.2) is 24.4 Å². The van der Waals surface area contributed by atoms with Gasteiger partial charge in [-0.25, -0.2) is 0 Å². The van der Waals surface area contributed by atoms with Crippen LogP contribution < -0.4 is 22.3 Å². The van der Waals surface area contributed by atoms with Gasteiger partial charge in [-0.05, 0) is 31.7 Å². The van der Waals surface area contributed by atoms with Gasteiger partial charge in [0, 0.05) is 6.42 Å². The third kappa shape index (κ3) is 8.95. The van der Waals surface area contributed by atoms with Gasteiger partial charge < -0.3 is 11.5 Å². The third-order valence-electron chi connectivity index (χ3n) is 2.50. The maximum absolute atomic E-state index is 11.5. The lowest BCUT2D eigenvalue weighted by Crippen LogP contribution is -2.49. The molecule has 0 saturated carbocycles. The van der Waals surface area contributed by atoms with E-state index in [1.807, 2.05) is 13.8 Å². The first kappa shape index (κ1) is 16.9. The average Bonchev–Trinajstić information content (AvgIpc) is 2.30. The molecule has 0 radical (unpaired) electrons. The second-order valence-electron chi connectivity index (χ2n) is 4.87. The minimum Gasteiger partial charge on any atom is -0.330 e. The number of hydrogen-bond donors (Lipinski definition) is 4. The largest absolute Gasteiger partial charge is 0.330 e. The zero-order valence-corrected chi connectivity index (χ0v) is 11.4. The molecular formula is C12H26N4O2. The van der Waals surface area contributed by atoms with E-state index < -0.39 is 6.04 Å². The van der Waals surface area contributed by atoms with Gasteiger partial charge in [0.1, 0.15) is 0 Å². The van der Waals surface area contributed by atoms with Gasteiger partial charge in [-0.1, -0.05) is 20.3 Å². The van der Waals surface area contributed by atoms with Gasteiger partial charge in [-0.2, -0.15) is 0 Å².